The number of fused-ring (bicyclic) bond motifs is 1. The Bertz CT molecular complexity index is 680. The summed E-state index contributed by atoms with van der Waals surface area (Å²) >= 11 is 0. The number of carbonyl (C=O) groups is 1. The van der Waals surface area contributed by atoms with E-state index in [-0.39, 0.29) is 24.1 Å². The smallest absolute Gasteiger partial charge is 0.278 e. The van der Waals surface area contributed by atoms with Gasteiger partial charge in [0.15, 0.2) is 0 Å². The molecule has 0 bridgehead atoms. The summed E-state index contributed by atoms with van der Waals surface area (Å²) in [7, 11) is 1.73. The van der Waals surface area contributed by atoms with Crippen LogP contribution in [-0.2, 0) is 11.3 Å². The standard InChI is InChI=1S/C14H18N4O2/c1-4-10(2)17(3)13(19)9-18-14(20)11-7-5-6-8-12(11)15-16-18/h5-8,10H,4,9H2,1-3H3. The molecule has 0 aliphatic rings. The third-order valence-corrected chi connectivity index (χ3v) is 3.56. The van der Waals surface area contributed by atoms with E-state index in [1.807, 2.05) is 13.8 Å². The van der Waals surface area contributed by atoms with E-state index in [2.05, 4.69) is 10.3 Å². The van der Waals surface area contributed by atoms with Crippen molar-refractivity contribution < 1.29 is 4.79 Å². The Morgan fingerprint density at radius 2 is 2.10 bits per heavy atom. The van der Waals surface area contributed by atoms with E-state index < -0.39 is 0 Å². The highest BCUT2D eigenvalue weighted by Gasteiger charge is 2.16. The topological polar surface area (TPSA) is 68.1 Å². The van der Waals surface area contributed by atoms with Crippen LogP contribution in [0.25, 0.3) is 10.9 Å². The fourth-order valence-electron chi connectivity index (χ4n) is 1.89. The number of likely N-dealkylation sites (N-methyl/N-ethyl adjacent to an activating group) is 1. The van der Waals surface area contributed by atoms with Crippen molar-refractivity contribution in [3.8, 4) is 0 Å². The lowest BCUT2D eigenvalue weighted by molar-refractivity contribution is -0.132. The van der Waals surface area contributed by atoms with Crippen molar-refractivity contribution in [3.63, 3.8) is 0 Å². The average molecular weight is 274 g/mol. The van der Waals surface area contributed by atoms with Crippen molar-refractivity contribution in [1.29, 1.82) is 0 Å². The van der Waals surface area contributed by atoms with E-state index in [1.165, 1.54) is 0 Å². The van der Waals surface area contributed by atoms with Crippen LogP contribution in [0.2, 0.25) is 0 Å². The molecule has 0 saturated heterocycles. The number of carbonyl (C=O) groups excluding carboxylic acids is 1. The van der Waals surface area contributed by atoms with Gasteiger partial charge in [0.2, 0.25) is 5.91 Å². The molecule has 1 heterocycles. The number of hydrogen-bond acceptors (Lipinski definition) is 4. The highest BCUT2D eigenvalue weighted by Crippen LogP contribution is 2.04. The van der Waals surface area contributed by atoms with Gasteiger partial charge in [-0.15, -0.1) is 5.10 Å². The molecular formula is C14H18N4O2. The predicted molar refractivity (Wildman–Crippen MR) is 76.3 cm³/mol. The van der Waals surface area contributed by atoms with Crippen molar-refractivity contribution in [1.82, 2.24) is 19.9 Å². The number of nitrogens with zero attached hydrogens (tertiary/aromatic N) is 4. The molecule has 2 aromatic rings. The maximum atomic E-state index is 12.2. The van der Waals surface area contributed by atoms with Gasteiger partial charge < -0.3 is 4.90 Å². The minimum Gasteiger partial charge on any atom is -0.341 e. The summed E-state index contributed by atoms with van der Waals surface area (Å²) in [6.45, 7) is 3.89. The average Bonchev–Trinajstić information content (AvgIpc) is 2.48. The molecule has 2 rings (SSSR count). The van der Waals surface area contributed by atoms with Crippen LogP contribution < -0.4 is 5.56 Å². The van der Waals surface area contributed by atoms with Crippen LogP contribution in [0, 0.1) is 0 Å². The van der Waals surface area contributed by atoms with E-state index in [0.29, 0.717) is 10.9 Å². The highest BCUT2D eigenvalue weighted by atomic mass is 16.2. The largest absolute Gasteiger partial charge is 0.341 e. The minimum atomic E-state index is -0.290. The van der Waals surface area contributed by atoms with Crippen LogP contribution in [0.4, 0.5) is 0 Å². The maximum absolute atomic E-state index is 12.2. The maximum Gasteiger partial charge on any atom is 0.278 e. The number of rotatable bonds is 4. The Balaban J connectivity index is 2.29. The zero-order valence-electron chi connectivity index (χ0n) is 11.9. The first-order valence-electron chi connectivity index (χ1n) is 6.62. The Kier molecular flexibility index (Phi) is 4.12. The molecule has 6 nitrogen and oxygen atoms in total. The summed E-state index contributed by atoms with van der Waals surface area (Å²) in [5, 5.41) is 8.26. The lowest BCUT2D eigenvalue weighted by Gasteiger charge is -2.23. The lowest BCUT2D eigenvalue weighted by Crippen LogP contribution is -2.39. The van der Waals surface area contributed by atoms with Crippen molar-refractivity contribution in [2.75, 3.05) is 7.05 Å². The Morgan fingerprint density at radius 3 is 2.80 bits per heavy atom. The monoisotopic (exact) mass is 274 g/mol. The predicted octanol–water partition coefficient (Wildman–Crippen LogP) is 1.05. The van der Waals surface area contributed by atoms with Gasteiger partial charge in [0.25, 0.3) is 5.56 Å². The molecule has 0 aliphatic heterocycles. The Labute approximate surface area is 117 Å². The Morgan fingerprint density at radius 1 is 1.40 bits per heavy atom. The molecule has 0 N–H and O–H groups in total. The van der Waals surface area contributed by atoms with Gasteiger partial charge in [0.05, 0.1) is 5.39 Å². The van der Waals surface area contributed by atoms with Gasteiger partial charge in [-0.25, -0.2) is 4.68 Å². The second kappa shape index (κ2) is 5.81. The molecule has 6 heteroatoms. The zero-order valence-corrected chi connectivity index (χ0v) is 11.9. The summed E-state index contributed by atoms with van der Waals surface area (Å²) < 4.78 is 1.11. The van der Waals surface area contributed by atoms with Gasteiger partial charge in [-0.05, 0) is 25.5 Å². The van der Waals surface area contributed by atoms with Gasteiger partial charge in [-0.2, -0.15) is 0 Å². The SMILES string of the molecule is CCC(C)N(C)C(=O)Cn1nnc2ccccc2c1=O. The van der Waals surface area contributed by atoms with Gasteiger partial charge in [-0.3, -0.25) is 9.59 Å². The molecule has 0 saturated carbocycles. The highest BCUT2D eigenvalue weighted by molar-refractivity contribution is 5.78. The van der Waals surface area contributed by atoms with Crippen LogP contribution in [-0.4, -0.2) is 38.9 Å². The molecule has 1 atom stereocenters. The van der Waals surface area contributed by atoms with E-state index in [0.717, 1.165) is 11.1 Å². The zero-order chi connectivity index (χ0) is 14.7. The Hall–Kier alpha value is -2.24. The third kappa shape index (κ3) is 2.68. The van der Waals surface area contributed by atoms with E-state index >= 15 is 0 Å². The van der Waals surface area contributed by atoms with Crippen LogP contribution in [0.15, 0.2) is 29.1 Å². The molecule has 0 spiro atoms. The molecule has 0 radical (unpaired) electrons. The van der Waals surface area contributed by atoms with Gasteiger partial charge >= 0.3 is 0 Å². The number of hydrogen-bond donors (Lipinski definition) is 0. The second-order valence-corrected chi connectivity index (χ2v) is 4.83. The number of amides is 1. The molecule has 1 aromatic heterocycles. The molecule has 0 fully saturated rings. The molecule has 1 unspecified atom stereocenters. The van der Waals surface area contributed by atoms with Crippen LogP contribution in [0.5, 0.6) is 0 Å². The summed E-state index contributed by atoms with van der Waals surface area (Å²) in [5.41, 5.74) is 0.248. The third-order valence-electron chi connectivity index (χ3n) is 3.56. The normalized spacial score (nSPS) is 12.3. The quantitative estimate of drug-likeness (QED) is 0.835. The van der Waals surface area contributed by atoms with Crippen LogP contribution >= 0.6 is 0 Å². The van der Waals surface area contributed by atoms with E-state index in [9.17, 15) is 9.59 Å². The van der Waals surface area contributed by atoms with E-state index in [1.54, 1.807) is 36.2 Å². The fourth-order valence-corrected chi connectivity index (χ4v) is 1.89. The first-order valence-corrected chi connectivity index (χ1v) is 6.62. The molecule has 0 aliphatic carbocycles. The van der Waals surface area contributed by atoms with Crippen LogP contribution in [0.3, 0.4) is 0 Å². The summed E-state index contributed by atoms with van der Waals surface area (Å²) in [6, 6.07) is 7.10. The molecule has 1 amide bonds. The number of benzene rings is 1. The molecule has 1 aromatic carbocycles. The molecule has 20 heavy (non-hydrogen) atoms. The first kappa shape index (κ1) is 14.2. The molecular weight excluding hydrogens is 256 g/mol. The number of aromatic nitrogens is 3. The van der Waals surface area contributed by atoms with Gasteiger partial charge in [-0.1, -0.05) is 24.3 Å². The van der Waals surface area contributed by atoms with Crippen molar-refractivity contribution in [2.24, 2.45) is 0 Å². The van der Waals surface area contributed by atoms with Crippen molar-refractivity contribution in [3.05, 3.63) is 34.6 Å². The van der Waals surface area contributed by atoms with Crippen LogP contribution in [0.1, 0.15) is 20.3 Å². The van der Waals surface area contributed by atoms with E-state index in [4.69, 9.17) is 0 Å². The lowest BCUT2D eigenvalue weighted by atomic mass is 10.2. The summed E-state index contributed by atoms with van der Waals surface area (Å²) in [6.07, 6.45) is 0.862. The van der Waals surface area contributed by atoms with Crippen molar-refractivity contribution >= 4 is 16.8 Å². The summed E-state index contributed by atoms with van der Waals surface area (Å²) in [4.78, 5) is 25.9. The van der Waals surface area contributed by atoms with Crippen molar-refractivity contribution in [2.45, 2.75) is 32.9 Å². The minimum absolute atomic E-state index is 0.0858. The molecule has 106 valence electrons. The fraction of sp³-hybridized carbons (Fsp3) is 0.429. The first-order chi connectivity index (χ1) is 9.54. The second-order valence-electron chi connectivity index (χ2n) is 4.83. The van der Waals surface area contributed by atoms with Gasteiger partial charge in [0.1, 0.15) is 12.1 Å². The summed E-state index contributed by atoms with van der Waals surface area (Å²) in [5.74, 6) is -0.147. The van der Waals surface area contributed by atoms with Gasteiger partial charge in [0, 0.05) is 13.1 Å².